The largest absolute Gasteiger partial charge is 0.481 e. The molecule has 22 heavy (non-hydrogen) atoms. The minimum Gasteiger partial charge on any atom is -0.481 e. The Kier molecular flexibility index (Phi) is 3.05. The molecule has 1 aromatic rings. The van der Waals surface area contributed by atoms with E-state index < -0.39 is 17.8 Å². The number of carbonyl (C=O) groups excluding carboxylic acids is 1. The van der Waals surface area contributed by atoms with E-state index in [4.69, 9.17) is 11.6 Å². The highest BCUT2D eigenvalue weighted by molar-refractivity contribution is 6.30. The molecule has 4 nitrogen and oxygen atoms in total. The van der Waals surface area contributed by atoms with Gasteiger partial charge in [-0.15, -0.1) is 0 Å². The number of rotatable bonds is 3. The van der Waals surface area contributed by atoms with Crippen LogP contribution in [0, 0.1) is 35.5 Å². The molecule has 1 aromatic carbocycles. The molecular weight excluding hydrogens is 302 g/mol. The zero-order valence-electron chi connectivity index (χ0n) is 11.8. The van der Waals surface area contributed by atoms with Crippen molar-refractivity contribution in [3.05, 3.63) is 41.4 Å². The number of allylic oxidation sites excluding steroid dienone is 2. The van der Waals surface area contributed by atoms with E-state index >= 15 is 0 Å². The van der Waals surface area contributed by atoms with Crippen LogP contribution in [0.1, 0.15) is 6.42 Å². The summed E-state index contributed by atoms with van der Waals surface area (Å²) in [6.07, 6.45) is 5.12. The van der Waals surface area contributed by atoms with E-state index in [0.29, 0.717) is 22.5 Å². The van der Waals surface area contributed by atoms with Crippen LogP contribution in [0.25, 0.3) is 0 Å². The molecule has 0 saturated heterocycles. The topological polar surface area (TPSA) is 66.4 Å². The van der Waals surface area contributed by atoms with Gasteiger partial charge in [-0.25, -0.2) is 0 Å². The van der Waals surface area contributed by atoms with Crippen LogP contribution < -0.4 is 5.32 Å². The summed E-state index contributed by atoms with van der Waals surface area (Å²) in [4.78, 5) is 24.4. The lowest BCUT2D eigenvalue weighted by molar-refractivity contribution is -0.152. The maximum absolute atomic E-state index is 12.7. The van der Waals surface area contributed by atoms with Gasteiger partial charge >= 0.3 is 5.97 Å². The summed E-state index contributed by atoms with van der Waals surface area (Å²) in [6, 6.07) is 6.93. The lowest BCUT2D eigenvalue weighted by Gasteiger charge is -2.41. The van der Waals surface area contributed by atoms with Crippen molar-refractivity contribution in [2.24, 2.45) is 35.5 Å². The Labute approximate surface area is 133 Å². The number of anilines is 1. The first-order valence-corrected chi connectivity index (χ1v) is 7.91. The van der Waals surface area contributed by atoms with Gasteiger partial charge < -0.3 is 10.4 Å². The number of benzene rings is 1. The number of amides is 1. The minimum absolute atomic E-state index is 0.00242. The van der Waals surface area contributed by atoms with E-state index in [1.54, 1.807) is 24.3 Å². The number of nitrogens with one attached hydrogen (secondary N) is 1. The minimum atomic E-state index is -0.865. The van der Waals surface area contributed by atoms with E-state index in [-0.39, 0.29) is 17.7 Å². The maximum Gasteiger partial charge on any atom is 0.307 e. The molecule has 4 aliphatic rings. The van der Waals surface area contributed by atoms with Crippen molar-refractivity contribution < 1.29 is 14.7 Å². The second-order valence-corrected chi connectivity index (χ2v) is 6.93. The third-order valence-corrected chi connectivity index (χ3v) is 5.57. The summed E-state index contributed by atoms with van der Waals surface area (Å²) in [7, 11) is 0. The highest BCUT2D eigenvalue weighted by atomic mass is 35.5. The van der Waals surface area contributed by atoms with Crippen molar-refractivity contribution >= 4 is 29.2 Å². The molecule has 114 valence electrons. The van der Waals surface area contributed by atoms with Gasteiger partial charge in [-0.05, 0) is 48.3 Å². The average molecular weight is 318 g/mol. The van der Waals surface area contributed by atoms with Crippen LogP contribution in [0.15, 0.2) is 36.4 Å². The molecule has 4 aliphatic carbocycles. The first-order valence-electron chi connectivity index (χ1n) is 7.54. The SMILES string of the molecule is O=C(Nc1cccc(Cl)c1)[C@@H]1[C@@H]2C=C[C@H]([C@H]3C[C@H]23)[C@@H]1C(=O)O. The van der Waals surface area contributed by atoms with Crippen molar-refractivity contribution in [3.63, 3.8) is 0 Å². The summed E-state index contributed by atoms with van der Waals surface area (Å²) in [5.41, 5.74) is 0.611. The molecule has 5 rings (SSSR count). The van der Waals surface area contributed by atoms with Crippen molar-refractivity contribution in [1.82, 2.24) is 0 Å². The highest BCUT2D eigenvalue weighted by Gasteiger charge is 2.62. The number of hydrogen-bond donors (Lipinski definition) is 2. The van der Waals surface area contributed by atoms with E-state index in [2.05, 4.69) is 11.4 Å². The molecule has 2 saturated carbocycles. The fourth-order valence-corrected chi connectivity index (χ4v) is 4.55. The van der Waals surface area contributed by atoms with Gasteiger partial charge in [-0.3, -0.25) is 9.59 Å². The molecule has 0 unspecified atom stereocenters. The molecule has 0 aliphatic heterocycles. The number of aliphatic carboxylic acids is 1. The number of fused-ring (bicyclic) bond motifs is 1. The summed E-state index contributed by atoms with van der Waals surface area (Å²) < 4.78 is 0. The molecule has 6 atom stereocenters. The fraction of sp³-hybridized carbons (Fsp3) is 0.412. The molecule has 0 aromatic heterocycles. The molecular formula is C17H16ClNO3. The first kappa shape index (κ1) is 13.8. The van der Waals surface area contributed by atoms with Gasteiger partial charge in [0.25, 0.3) is 0 Å². The van der Waals surface area contributed by atoms with E-state index in [1.165, 1.54) is 0 Å². The predicted octanol–water partition coefficient (Wildman–Crippen LogP) is 3.05. The normalized spacial score (nSPS) is 37.5. The Morgan fingerprint density at radius 1 is 1.14 bits per heavy atom. The molecule has 5 heteroatoms. The molecule has 0 spiro atoms. The Hall–Kier alpha value is -1.81. The standard InChI is InChI=1S/C17H16ClNO3/c18-8-2-1-3-9(6-8)19-16(20)14-10-4-5-11(13-7-12(10)13)15(14)17(21)22/h1-6,10-15H,7H2,(H,19,20)(H,21,22)/t10-,11-,12-,13-,14-,15+/m1/s1. The van der Waals surface area contributed by atoms with Crippen LogP contribution in [0.3, 0.4) is 0 Å². The number of hydrogen-bond acceptors (Lipinski definition) is 2. The molecule has 0 radical (unpaired) electrons. The average Bonchev–Trinajstić information content (AvgIpc) is 3.28. The molecule has 1 amide bonds. The smallest absolute Gasteiger partial charge is 0.307 e. The number of carboxylic acids is 1. The molecule has 2 fully saturated rings. The van der Waals surface area contributed by atoms with Gasteiger partial charge in [0.1, 0.15) is 0 Å². The highest BCUT2D eigenvalue weighted by Crippen LogP contribution is 2.63. The lowest BCUT2D eigenvalue weighted by atomic mass is 9.62. The van der Waals surface area contributed by atoms with Crippen molar-refractivity contribution in [3.8, 4) is 0 Å². The summed E-state index contributed by atoms with van der Waals surface area (Å²) in [6.45, 7) is 0. The third kappa shape index (κ3) is 2.05. The Morgan fingerprint density at radius 3 is 2.45 bits per heavy atom. The second-order valence-electron chi connectivity index (χ2n) is 6.49. The lowest BCUT2D eigenvalue weighted by Crippen LogP contribution is -2.48. The van der Waals surface area contributed by atoms with Crippen LogP contribution in [-0.2, 0) is 9.59 Å². The first-order chi connectivity index (χ1) is 10.6. The van der Waals surface area contributed by atoms with Crippen molar-refractivity contribution in [1.29, 1.82) is 0 Å². The van der Waals surface area contributed by atoms with Gasteiger partial charge in [-0.1, -0.05) is 29.8 Å². The number of halogens is 1. The summed E-state index contributed by atoms with van der Waals surface area (Å²) >= 11 is 5.93. The molecule has 2 N–H and O–H groups in total. The van der Waals surface area contributed by atoms with Gasteiger partial charge in [0, 0.05) is 10.7 Å². The van der Waals surface area contributed by atoms with E-state index in [1.807, 2.05) is 6.08 Å². The number of carboxylic acid groups (broad SMARTS) is 1. The van der Waals surface area contributed by atoms with Gasteiger partial charge in [-0.2, -0.15) is 0 Å². The number of carbonyl (C=O) groups is 2. The summed E-state index contributed by atoms with van der Waals surface area (Å²) in [5.74, 6) is -1.17. The maximum atomic E-state index is 12.7. The third-order valence-electron chi connectivity index (χ3n) is 5.33. The zero-order chi connectivity index (χ0) is 15.4. The van der Waals surface area contributed by atoms with Gasteiger partial charge in [0.05, 0.1) is 11.8 Å². The molecule has 2 bridgehead atoms. The van der Waals surface area contributed by atoms with Crippen molar-refractivity contribution in [2.75, 3.05) is 5.32 Å². The Bertz CT molecular complexity index is 686. The molecule has 0 heterocycles. The van der Waals surface area contributed by atoms with Gasteiger partial charge in [0.2, 0.25) is 5.91 Å². The summed E-state index contributed by atoms with van der Waals surface area (Å²) in [5, 5.41) is 13.0. The Morgan fingerprint density at radius 2 is 1.82 bits per heavy atom. The van der Waals surface area contributed by atoms with Crippen LogP contribution in [0.2, 0.25) is 5.02 Å². The predicted molar refractivity (Wildman–Crippen MR) is 82.4 cm³/mol. The monoisotopic (exact) mass is 317 g/mol. The van der Waals surface area contributed by atoms with Crippen LogP contribution in [-0.4, -0.2) is 17.0 Å². The van der Waals surface area contributed by atoms with Crippen LogP contribution in [0.4, 0.5) is 5.69 Å². The second kappa shape index (κ2) is 4.85. The van der Waals surface area contributed by atoms with Crippen molar-refractivity contribution in [2.45, 2.75) is 6.42 Å². The zero-order valence-corrected chi connectivity index (χ0v) is 12.5. The van der Waals surface area contributed by atoms with Crippen LogP contribution in [0.5, 0.6) is 0 Å². The van der Waals surface area contributed by atoms with Crippen LogP contribution >= 0.6 is 11.6 Å². The van der Waals surface area contributed by atoms with Gasteiger partial charge in [0.15, 0.2) is 0 Å². The van der Waals surface area contributed by atoms with E-state index in [9.17, 15) is 14.7 Å². The Balaban J connectivity index is 1.61. The quantitative estimate of drug-likeness (QED) is 0.842. The van der Waals surface area contributed by atoms with E-state index in [0.717, 1.165) is 6.42 Å². The fourth-order valence-electron chi connectivity index (χ4n) is 4.36.